The first-order chi connectivity index (χ1) is 14.4. The van der Waals surface area contributed by atoms with Crippen LogP contribution in [0.3, 0.4) is 0 Å². The van der Waals surface area contributed by atoms with Crippen LogP contribution in [0.5, 0.6) is 5.75 Å². The van der Waals surface area contributed by atoms with Crippen LogP contribution < -0.4 is 9.64 Å². The molecular weight excluding hydrogens is 406 g/mol. The van der Waals surface area contributed by atoms with E-state index in [1.807, 2.05) is 6.92 Å². The number of halogens is 1. The van der Waals surface area contributed by atoms with Crippen LogP contribution in [0.4, 0.5) is 5.69 Å². The summed E-state index contributed by atoms with van der Waals surface area (Å²) in [5.41, 5.74) is 1.87. The molecular formula is C23H18ClNO5. The molecule has 7 heteroatoms. The second kappa shape index (κ2) is 7.72. The first kappa shape index (κ1) is 19.8. The normalized spacial score (nSPS) is 16.3. The lowest BCUT2D eigenvalue weighted by Crippen LogP contribution is -2.31. The molecule has 1 atom stereocenters. The van der Waals surface area contributed by atoms with E-state index < -0.39 is 23.5 Å². The number of furan rings is 1. The van der Waals surface area contributed by atoms with Gasteiger partial charge in [-0.2, -0.15) is 0 Å². The van der Waals surface area contributed by atoms with E-state index in [-0.39, 0.29) is 11.3 Å². The van der Waals surface area contributed by atoms with Crippen LogP contribution in [0, 0.1) is 6.92 Å². The van der Waals surface area contributed by atoms with E-state index in [2.05, 4.69) is 0 Å². The molecule has 0 spiro atoms. The smallest absolute Gasteiger partial charge is 0.294 e. The molecule has 1 N–H and O–H groups in total. The lowest BCUT2D eigenvalue weighted by atomic mass is 9.94. The number of carbonyl (C=O) groups is 2. The topological polar surface area (TPSA) is 80.0 Å². The zero-order chi connectivity index (χ0) is 21.4. The van der Waals surface area contributed by atoms with Crippen molar-refractivity contribution in [1.82, 2.24) is 0 Å². The molecule has 0 saturated heterocycles. The minimum Gasteiger partial charge on any atom is -0.503 e. The fourth-order valence-electron chi connectivity index (χ4n) is 3.48. The van der Waals surface area contributed by atoms with E-state index in [1.165, 1.54) is 17.2 Å². The molecule has 152 valence electrons. The predicted molar refractivity (Wildman–Crippen MR) is 112 cm³/mol. The summed E-state index contributed by atoms with van der Waals surface area (Å²) in [4.78, 5) is 27.5. The van der Waals surface area contributed by atoms with E-state index in [9.17, 15) is 14.7 Å². The number of aliphatic hydroxyl groups is 1. The summed E-state index contributed by atoms with van der Waals surface area (Å²) in [6.45, 7) is 1.85. The number of aliphatic hydroxyl groups excluding tert-OH is 1. The fraction of sp³-hybridized carbons (Fsp3) is 0.130. The number of hydrogen-bond acceptors (Lipinski definition) is 5. The number of ether oxygens (including phenoxy) is 1. The Hall–Kier alpha value is -3.51. The van der Waals surface area contributed by atoms with Gasteiger partial charge in [0.05, 0.1) is 25.0 Å². The van der Waals surface area contributed by atoms with Crippen molar-refractivity contribution in [3.63, 3.8) is 0 Å². The number of nitrogens with zero attached hydrogens (tertiary/aromatic N) is 1. The third kappa shape index (κ3) is 3.25. The molecule has 0 radical (unpaired) electrons. The van der Waals surface area contributed by atoms with Gasteiger partial charge in [-0.1, -0.05) is 29.8 Å². The molecule has 6 nitrogen and oxygen atoms in total. The molecule has 1 aromatic heterocycles. The van der Waals surface area contributed by atoms with Crippen molar-refractivity contribution in [3.05, 3.63) is 94.1 Å². The van der Waals surface area contributed by atoms with Crippen LogP contribution in [0.25, 0.3) is 0 Å². The number of carbonyl (C=O) groups excluding carboxylic acids is 2. The number of Topliss-reactive ketones (excluding diaryl/α,β-unsaturated/α-hetero) is 1. The Labute approximate surface area is 177 Å². The zero-order valence-corrected chi connectivity index (χ0v) is 17.0. The minimum atomic E-state index is -0.861. The molecule has 0 fully saturated rings. The molecule has 2 aromatic carbocycles. The minimum absolute atomic E-state index is 0.0339. The van der Waals surface area contributed by atoms with Crippen LogP contribution in [-0.4, -0.2) is 23.9 Å². The van der Waals surface area contributed by atoms with Gasteiger partial charge in [-0.3, -0.25) is 14.5 Å². The van der Waals surface area contributed by atoms with E-state index >= 15 is 0 Å². The number of methoxy groups -OCH3 is 1. The highest BCUT2D eigenvalue weighted by Crippen LogP contribution is 2.43. The number of ketones is 1. The number of aryl methyl sites for hydroxylation is 1. The second-order valence-electron chi connectivity index (χ2n) is 6.85. The summed E-state index contributed by atoms with van der Waals surface area (Å²) in [5, 5.41) is 11.2. The highest BCUT2D eigenvalue weighted by Gasteiger charge is 2.45. The van der Waals surface area contributed by atoms with Gasteiger partial charge in [0, 0.05) is 10.7 Å². The monoisotopic (exact) mass is 423 g/mol. The standard InChI is InChI=1S/C23H18ClNO5/c1-13-5-8-15(12-17(13)24)25-20(14-6-9-16(29-2)10-7-14)19(22(27)23(25)28)21(26)18-4-3-11-30-18/h3-12,20,27H,1-2H3. The maximum atomic E-state index is 13.1. The van der Waals surface area contributed by atoms with Crippen molar-refractivity contribution >= 4 is 29.0 Å². The van der Waals surface area contributed by atoms with Crippen molar-refractivity contribution in [2.75, 3.05) is 12.0 Å². The molecule has 1 unspecified atom stereocenters. The largest absolute Gasteiger partial charge is 0.503 e. The Balaban J connectivity index is 1.88. The van der Waals surface area contributed by atoms with Gasteiger partial charge in [-0.05, 0) is 54.4 Å². The van der Waals surface area contributed by atoms with Crippen molar-refractivity contribution in [2.24, 2.45) is 0 Å². The van der Waals surface area contributed by atoms with Crippen molar-refractivity contribution < 1.29 is 23.8 Å². The quantitative estimate of drug-likeness (QED) is 0.582. The molecule has 2 heterocycles. The molecule has 4 rings (SSSR count). The molecule has 3 aromatic rings. The number of anilines is 1. The van der Waals surface area contributed by atoms with E-state index in [0.717, 1.165) is 5.56 Å². The Kier molecular flexibility index (Phi) is 5.10. The molecule has 0 aliphatic carbocycles. The Morgan fingerprint density at radius 3 is 2.50 bits per heavy atom. The number of hydrogen-bond donors (Lipinski definition) is 1. The van der Waals surface area contributed by atoms with Crippen LogP contribution in [0.1, 0.15) is 27.7 Å². The summed E-state index contributed by atoms with van der Waals surface area (Å²) < 4.78 is 10.4. The average Bonchev–Trinajstić information content (AvgIpc) is 3.38. The molecule has 1 amide bonds. The highest BCUT2D eigenvalue weighted by atomic mass is 35.5. The van der Waals surface area contributed by atoms with Gasteiger partial charge in [-0.25, -0.2) is 0 Å². The number of amides is 1. The third-order valence-electron chi connectivity index (χ3n) is 5.06. The summed E-state index contributed by atoms with van der Waals surface area (Å²) >= 11 is 6.28. The van der Waals surface area contributed by atoms with Gasteiger partial charge in [0.1, 0.15) is 5.75 Å². The Morgan fingerprint density at radius 1 is 1.17 bits per heavy atom. The highest BCUT2D eigenvalue weighted by molar-refractivity contribution is 6.31. The molecule has 30 heavy (non-hydrogen) atoms. The second-order valence-corrected chi connectivity index (χ2v) is 7.26. The summed E-state index contributed by atoms with van der Waals surface area (Å²) in [6.07, 6.45) is 1.36. The fourth-order valence-corrected chi connectivity index (χ4v) is 3.65. The van der Waals surface area contributed by atoms with E-state index in [0.29, 0.717) is 22.0 Å². The van der Waals surface area contributed by atoms with Crippen LogP contribution in [-0.2, 0) is 4.79 Å². The summed E-state index contributed by atoms with van der Waals surface area (Å²) in [6, 6.07) is 14.3. The lowest BCUT2D eigenvalue weighted by Gasteiger charge is -2.27. The number of rotatable bonds is 5. The Bertz CT molecular complexity index is 1150. The zero-order valence-electron chi connectivity index (χ0n) is 16.3. The van der Waals surface area contributed by atoms with Crippen LogP contribution >= 0.6 is 11.6 Å². The van der Waals surface area contributed by atoms with Gasteiger partial charge < -0.3 is 14.3 Å². The first-order valence-electron chi connectivity index (χ1n) is 9.17. The third-order valence-corrected chi connectivity index (χ3v) is 5.47. The van der Waals surface area contributed by atoms with E-state index in [1.54, 1.807) is 55.6 Å². The molecule has 1 aliphatic heterocycles. The van der Waals surface area contributed by atoms with Gasteiger partial charge in [-0.15, -0.1) is 0 Å². The summed E-state index contributed by atoms with van der Waals surface area (Å²) in [7, 11) is 1.55. The van der Waals surface area contributed by atoms with Gasteiger partial charge in [0.2, 0.25) is 5.78 Å². The van der Waals surface area contributed by atoms with Gasteiger partial charge >= 0.3 is 0 Å². The van der Waals surface area contributed by atoms with Crippen LogP contribution in [0.15, 0.2) is 76.6 Å². The van der Waals surface area contributed by atoms with Gasteiger partial charge in [0.15, 0.2) is 11.5 Å². The van der Waals surface area contributed by atoms with E-state index in [4.69, 9.17) is 20.8 Å². The van der Waals surface area contributed by atoms with Crippen molar-refractivity contribution in [2.45, 2.75) is 13.0 Å². The van der Waals surface area contributed by atoms with Gasteiger partial charge in [0.25, 0.3) is 5.91 Å². The molecule has 0 bridgehead atoms. The first-order valence-corrected chi connectivity index (χ1v) is 9.55. The predicted octanol–water partition coefficient (Wildman–Crippen LogP) is 5.03. The Morgan fingerprint density at radius 2 is 1.90 bits per heavy atom. The van der Waals surface area contributed by atoms with Crippen molar-refractivity contribution in [1.29, 1.82) is 0 Å². The lowest BCUT2D eigenvalue weighted by molar-refractivity contribution is -0.117. The average molecular weight is 424 g/mol. The summed E-state index contributed by atoms with van der Waals surface area (Å²) in [5.74, 6) is -1.21. The molecule has 0 saturated carbocycles. The number of benzene rings is 2. The van der Waals surface area contributed by atoms with Crippen LogP contribution in [0.2, 0.25) is 5.02 Å². The van der Waals surface area contributed by atoms with Crippen molar-refractivity contribution in [3.8, 4) is 5.75 Å². The maximum absolute atomic E-state index is 13.1. The molecule has 1 aliphatic rings. The maximum Gasteiger partial charge on any atom is 0.294 e. The SMILES string of the molecule is COc1ccc(C2C(C(=O)c3ccco3)=C(O)C(=O)N2c2ccc(C)c(Cl)c2)cc1.